The average molecular weight is 336 g/mol. The highest BCUT2D eigenvalue weighted by molar-refractivity contribution is 5.89. The Morgan fingerprint density at radius 2 is 2.08 bits per heavy atom. The second kappa shape index (κ2) is 7.93. The van der Waals surface area contributed by atoms with Gasteiger partial charge in [0, 0.05) is 11.5 Å². The molecule has 0 atom stereocenters. The largest absolute Gasteiger partial charge is 0.497 e. The van der Waals surface area contributed by atoms with Gasteiger partial charge in [-0.3, -0.25) is 0 Å². The van der Waals surface area contributed by atoms with Gasteiger partial charge in [0.1, 0.15) is 12.4 Å². The van der Waals surface area contributed by atoms with Crippen molar-refractivity contribution < 1.29 is 23.7 Å². The van der Waals surface area contributed by atoms with Gasteiger partial charge in [-0.05, 0) is 42.0 Å². The van der Waals surface area contributed by atoms with Crippen molar-refractivity contribution in [2.75, 3.05) is 20.5 Å². The van der Waals surface area contributed by atoms with Crippen molar-refractivity contribution in [3.8, 4) is 29.1 Å². The molecule has 0 bridgehead atoms. The minimum atomic E-state index is -0.585. The topological polar surface area (TPSA) is 54.0 Å². The number of carbonyl (C=O) groups excluding carboxylic acids is 1. The first-order chi connectivity index (χ1) is 12.2. The summed E-state index contributed by atoms with van der Waals surface area (Å²) in [6.07, 6.45) is 3.58. The second-order valence-electron chi connectivity index (χ2n) is 5.10. The highest BCUT2D eigenvalue weighted by atomic mass is 16.7. The maximum absolute atomic E-state index is 11.6. The molecule has 5 heteroatoms. The Hall–Kier alpha value is -3.39. The fourth-order valence-electron chi connectivity index (χ4n) is 2.18. The van der Waals surface area contributed by atoms with E-state index < -0.39 is 5.97 Å². The van der Waals surface area contributed by atoms with Crippen LogP contribution in [0.4, 0.5) is 0 Å². The highest BCUT2D eigenvalue weighted by Gasteiger charge is 2.11. The van der Waals surface area contributed by atoms with E-state index in [9.17, 15) is 4.79 Å². The van der Waals surface area contributed by atoms with Gasteiger partial charge in [0.25, 0.3) is 0 Å². The zero-order valence-corrected chi connectivity index (χ0v) is 13.7. The Kier molecular flexibility index (Phi) is 5.22. The molecule has 0 spiro atoms. The Bertz CT molecular complexity index is 858. The van der Waals surface area contributed by atoms with Crippen molar-refractivity contribution in [2.45, 2.75) is 0 Å². The molecule has 5 nitrogen and oxygen atoms in total. The molecule has 1 aliphatic rings. The molecule has 0 fully saturated rings. The number of hydrogen-bond acceptors (Lipinski definition) is 5. The van der Waals surface area contributed by atoms with Gasteiger partial charge < -0.3 is 18.9 Å². The van der Waals surface area contributed by atoms with Gasteiger partial charge in [-0.25, -0.2) is 4.79 Å². The Morgan fingerprint density at radius 1 is 1.20 bits per heavy atom. The summed E-state index contributed by atoms with van der Waals surface area (Å²) in [5.74, 6) is 6.74. The van der Waals surface area contributed by atoms with Crippen LogP contribution in [-0.2, 0) is 9.53 Å². The van der Waals surface area contributed by atoms with Gasteiger partial charge in [0.15, 0.2) is 11.5 Å². The third-order valence-corrected chi connectivity index (χ3v) is 3.40. The molecule has 126 valence electrons. The Balaban J connectivity index is 1.50. The van der Waals surface area contributed by atoms with Gasteiger partial charge in [-0.15, -0.1) is 0 Å². The fraction of sp³-hybridized carbons (Fsp3) is 0.150. The zero-order chi connectivity index (χ0) is 17.5. The standard InChI is InChI=1S/C20H16O5/c1-22-17-6-2-4-15(12-17)8-10-20(21)23-11-3-5-16-7-9-18-19(13-16)25-14-24-18/h2-7,9,12-13H,11,14H2,1H3/b5-3+. The summed E-state index contributed by atoms with van der Waals surface area (Å²) in [6.45, 7) is 0.381. The first kappa shape index (κ1) is 16.5. The molecule has 25 heavy (non-hydrogen) atoms. The molecular formula is C20H16O5. The summed E-state index contributed by atoms with van der Waals surface area (Å²) < 4.78 is 20.7. The van der Waals surface area contributed by atoms with Gasteiger partial charge in [0.2, 0.25) is 6.79 Å². The number of methoxy groups -OCH3 is 1. The van der Waals surface area contributed by atoms with E-state index in [1.54, 1.807) is 25.3 Å². The normalized spacial score (nSPS) is 11.7. The van der Waals surface area contributed by atoms with Gasteiger partial charge in [-0.2, -0.15) is 0 Å². The maximum atomic E-state index is 11.6. The minimum Gasteiger partial charge on any atom is -0.497 e. The van der Waals surface area contributed by atoms with Crippen molar-refractivity contribution in [3.05, 3.63) is 59.7 Å². The molecule has 0 saturated carbocycles. The van der Waals surface area contributed by atoms with Gasteiger partial charge in [-0.1, -0.05) is 24.1 Å². The van der Waals surface area contributed by atoms with Crippen LogP contribution in [0.15, 0.2) is 48.5 Å². The van der Waals surface area contributed by atoms with Crippen LogP contribution in [0.3, 0.4) is 0 Å². The summed E-state index contributed by atoms with van der Waals surface area (Å²) in [7, 11) is 1.58. The number of esters is 1. The van der Waals surface area contributed by atoms with Crippen molar-refractivity contribution in [1.29, 1.82) is 0 Å². The van der Waals surface area contributed by atoms with E-state index in [0.29, 0.717) is 17.1 Å². The van der Waals surface area contributed by atoms with Crippen molar-refractivity contribution in [1.82, 2.24) is 0 Å². The van der Waals surface area contributed by atoms with Crippen molar-refractivity contribution in [2.24, 2.45) is 0 Å². The molecule has 0 N–H and O–H groups in total. The molecule has 0 saturated heterocycles. The lowest BCUT2D eigenvalue weighted by molar-refractivity contribution is -0.135. The maximum Gasteiger partial charge on any atom is 0.385 e. The molecule has 1 heterocycles. The SMILES string of the molecule is COc1cccc(C#CC(=O)OC/C=C/c2ccc3c(c2)OCO3)c1. The quantitative estimate of drug-likeness (QED) is 0.634. The third kappa shape index (κ3) is 4.55. The molecule has 0 amide bonds. The Morgan fingerprint density at radius 3 is 2.96 bits per heavy atom. The zero-order valence-electron chi connectivity index (χ0n) is 13.7. The number of hydrogen-bond donors (Lipinski definition) is 0. The van der Waals surface area contributed by atoms with Crippen LogP contribution in [-0.4, -0.2) is 26.5 Å². The van der Waals surface area contributed by atoms with Crippen LogP contribution in [0.25, 0.3) is 6.08 Å². The lowest BCUT2D eigenvalue weighted by Gasteiger charge is -1.99. The first-order valence-electron chi connectivity index (χ1n) is 7.63. The average Bonchev–Trinajstić information content (AvgIpc) is 3.11. The monoisotopic (exact) mass is 336 g/mol. The molecule has 0 unspecified atom stereocenters. The van der Waals surface area contributed by atoms with Gasteiger partial charge >= 0.3 is 5.97 Å². The van der Waals surface area contributed by atoms with Crippen LogP contribution in [0.5, 0.6) is 17.2 Å². The summed E-state index contributed by atoms with van der Waals surface area (Å²) in [6, 6.07) is 12.8. The molecular weight excluding hydrogens is 320 g/mol. The second-order valence-corrected chi connectivity index (χ2v) is 5.10. The van der Waals surface area contributed by atoms with E-state index >= 15 is 0 Å². The number of fused-ring (bicyclic) bond motifs is 1. The molecule has 2 aromatic rings. The molecule has 2 aromatic carbocycles. The lowest BCUT2D eigenvalue weighted by Crippen LogP contribution is -2.00. The summed E-state index contributed by atoms with van der Waals surface area (Å²) in [5, 5.41) is 0. The Labute approximate surface area is 145 Å². The predicted molar refractivity (Wildman–Crippen MR) is 92.4 cm³/mol. The predicted octanol–water partition coefficient (Wildman–Crippen LogP) is 3.03. The highest BCUT2D eigenvalue weighted by Crippen LogP contribution is 2.32. The van der Waals surface area contributed by atoms with Crippen LogP contribution >= 0.6 is 0 Å². The number of benzene rings is 2. The fourth-order valence-corrected chi connectivity index (χ4v) is 2.18. The van der Waals surface area contributed by atoms with E-state index in [1.807, 2.05) is 36.4 Å². The van der Waals surface area contributed by atoms with Crippen LogP contribution < -0.4 is 14.2 Å². The van der Waals surface area contributed by atoms with Gasteiger partial charge in [0.05, 0.1) is 7.11 Å². The van der Waals surface area contributed by atoms with E-state index in [4.69, 9.17) is 18.9 Å². The number of rotatable bonds is 4. The van der Waals surface area contributed by atoms with Crippen LogP contribution in [0.2, 0.25) is 0 Å². The summed E-state index contributed by atoms with van der Waals surface area (Å²) in [4.78, 5) is 11.6. The van der Waals surface area contributed by atoms with E-state index in [0.717, 1.165) is 11.3 Å². The molecule has 1 aliphatic heterocycles. The minimum absolute atomic E-state index is 0.139. The van der Waals surface area contributed by atoms with Crippen molar-refractivity contribution >= 4 is 12.0 Å². The summed E-state index contributed by atoms with van der Waals surface area (Å²) in [5.41, 5.74) is 1.62. The molecule has 3 rings (SSSR count). The third-order valence-electron chi connectivity index (χ3n) is 3.40. The summed E-state index contributed by atoms with van der Waals surface area (Å²) >= 11 is 0. The molecule has 0 radical (unpaired) electrons. The molecule has 0 aromatic heterocycles. The van der Waals surface area contributed by atoms with Crippen LogP contribution in [0.1, 0.15) is 11.1 Å². The lowest BCUT2D eigenvalue weighted by atomic mass is 10.2. The molecule has 0 aliphatic carbocycles. The first-order valence-corrected chi connectivity index (χ1v) is 7.63. The van der Waals surface area contributed by atoms with E-state index in [1.165, 1.54) is 0 Å². The smallest absolute Gasteiger partial charge is 0.385 e. The van der Waals surface area contributed by atoms with Crippen LogP contribution in [0, 0.1) is 11.8 Å². The van der Waals surface area contributed by atoms with Crippen molar-refractivity contribution in [3.63, 3.8) is 0 Å². The van der Waals surface area contributed by atoms with E-state index in [2.05, 4.69) is 11.8 Å². The number of carbonyl (C=O) groups is 1. The number of ether oxygens (including phenoxy) is 4. The van der Waals surface area contributed by atoms with E-state index in [-0.39, 0.29) is 13.4 Å².